The van der Waals surface area contributed by atoms with Gasteiger partial charge in [-0.25, -0.2) is 0 Å². The van der Waals surface area contributed by atoms with E-state index in [0.29, 0.717) is 0 Å². The Morgan fingerprint density at radius 3 is 2.46 bits per heavy atom. The summed E-state index contributed by atoms with van der Waals surface area (Å²) in [7, 11) is 1.87. The van der Waals surface area contributed by atoms with Crippen LogP contribution in [0.2, 0.25) is 0 Å². The summed E-state index contributed by atoms with van der Waals surface area (Å²) in [5, 5.41) is 9.12. The summed E-state index contributed by atoms with van der Waals surface area (Å²) < 4.78 is 0. The van der Waals surface area contributed by atoms with Crippen LogP contribution in [-0.4, -0.2) is 67.6 Å². The summed E-state index contributed by atoms with van der Waals surface area (Å²) in [5.41, 5.74) is 0.165. The van der Waals surface area contributed by atoms with Gasteiger partial charge in [-0.05, 0) is 32.2 Å². The van der Waals surface area contributed by atoms with Crippen molar-refractivity contribution in [3.05, 3.63) is 22.4 Å². The number of rotatable bonds is 5. The number of piperazine rings is 1. The van der Waals surface area contributed by atoms with E-state index in [9.17, 15) is 0 Å². The zero-order valence-corrected chi connectivity index (χ0v) is 18.5. The molecule has 7 heteroatoms. The average molecular weight is 465 g/mol. The van der Waals surface area contributed by atoms with Gasteiger partial charge in [0.2, 0.25) is 0 Å². The van der Waals surface area contributed by atoms with Gasteiger partial charge in [-0.1, -0.05) is 6.07 Å². The van der Waals surface area contributed by atoms with Gasteiger partial charge in [-0.2, -0.15) is 0 Å². The molecule has 1 fully saturated rings. The smallest absolute Gasteiger partial charge is 0.193 e. The zero-order valence-electron chi connectivity index (χ0n) is 15.3. The Labute approximate surface area is 167 Å². The molecule has 0 unspecified atom stereocenters. The van der Waals surface area contributed by atoms with Gasteiger partial charge in [0, 0.05) is 63.3 Å². The molecule has 0 aromatic carbocycles. The maximum atomic E-state index is 4.43. The Bertz CT molecular complexity index is 476. The highest BCUT2D eigenvalue weighted by Gasteiger charge is 2.19. The number of hydrogen-bond acceptors (Lipinski definition) is 4. The standard InChI is InChI=1S/C17H31N5S.HI/c1-17(2,3)20-8-7-19-16(18-4)22-11-9-21(10-12-22)14-15-6-5-13-23-15;/h5-6,13,20H,7-12,14H2,1-4H3,(H,18,19);1H. The highest BCUT2D eigenvalue weighted by molar-refractivity contribution is 14.0. The van der Waals surface area contributed by atoms with E-state index in [1.165, 1.54) is 4.88 Å². The normalized spacial score (nSPS) is 16.8. The van der Waals surface area contributed by atoms with Crippen LogP contribution in [0, 0.1) is 0 Å². The SMILES string of the molecule is CN=C(NCCNC(C)(C)C)N1CCN(Cc2cccs2)CC1.I. The van der Waals surface area contributed by atoms with Gasteiger partial charge in [-0.3, -0.25) is 9.89 Å². The van der Waals surface area contributed by atoms with Crippen LogP contribution in [0.3, 0.4) is 0 Å². The summed E-state index contributed by atoms with van der Waals surface area (Å²) in [5.74, 6) is 1.02. The van der Waals surface area contributed by atoms with Crippen molar-refractivity contribution < 1.29 is 0 Å². The molecule has 138 valence electrons. The molecule has 0 radical (unpaired) electrons. The first-order valence-electron chi connectivity index (χ1n) is 8.43. The van der Waals surface area contributed by atoms with Crippen molar-refractivity contribution in [2.45, 2.75) is 32.9 Å². The van der Waals surface area contributed by atoms with Gasteiger partial charge in [0.05, 0.1) is 0 Å². The molecule has 1 aromatic heterocycles. The first-order valence-corrected chi connectivity index (χ1v) is 9.31. The molecular weight excluding hydrogens is 433 g/mol. The molecule has 1 aromatic rings. The minimum Gasteiger partial charge on any atom is -0.355 e. The summed E-state index contributed by atoms with van der Waals surface area (Å²) in [6.07, 6.45) is 0. The second-order valence-electron chi connectivity index (χ2n) is 6.99. The maximum Gasteiger partial charge on any atom is 0.193 e. The number of guanidine groups is 1. The lowest BCUT2D eigenvalue weighted by Crippen LogP contribution is -2.53. The number of thiophene rings is 1. The fraction of sp³-hybridized carbons (Fsp3) is 0.706. The predicted molar refractivity (Wildman–Crippen MR) is 116 cm³/mol. The maximum absolute atomic E-state index is 4.43. The molecule has 2 N–H and O–H groups in total. The third-order valence-electron chi connectivity index (χ3n) is 3.91. The first-order chi connectivity index (χ1) is 11.0. The fourth-order valence-electron chi connectivity index (χ4n) is 2.68. The Morgan fingerprint density at radius 2 is 1.92 bits per heavy atom. The van der Waals surface area contributed by atoms with E-state index in [2.05, 4.69) is 63.7 Å². The minimum atomic E-state index is 0. The van der Waals surface area contributed by atoms with Gasteiger partial charge in [0.15, 0.2) is 5.96 Å². The van der Waals surface area contributed by atoms with E-state index in [1.54, 1.807) is 0 Å². The zero-order chi connectivity index (χ0) is 16.7. The van der Waals surface area contributed by atoms with Crippen LogP contribution in [-0.2, 0) is 6.54 Å². The summed E-state index contributed by atoms with van der Waals surface area (Å²) >= 11 is 1.85. The molecule has 0 saturated carbocycles. The lowest BCUT2D eigenvalue weighted by Gasteiger charge is -2.36. The molecule has 5 nitrogen and oxygen atoms in total. The molecular formula is C17H32IN5S. The van der Waals surface area contributed by atoms with Crippen molar-refractivity contribution >= 4 is 41.3 Å². The van der Waals surface area contributed by atoms with Crippen molar-refractivity contribution in [2.75, 3.05) is 46.3 Å². The van der Waals surface area contributed by atoms with E-state index >= 15 is 0 Å². The topological polar surface area (TPSA) is 42.9 Å². The third-order valence-corrected chi connectivity index (χ3v) is 4.77. The molecule has 24 heavy (non-hydrogen) atoms. The molecule has 0 aliphatic carbocycles. The van der Waals surface area contributed by atoms with Crippen LogP contribution in [0.5, 0.6) is 0 Å². The van der Waals surface area contributed by atoms with E-state index < -0.39 is 0 Å². The average Bonchev–Trinajstić information content (AvgIpc) is 3.00. The van der Waals surface area contributed by atoms with Crippen LogP contribution in [0.15, 0.2) is 22.5 Å². The van der Waals surface area contributed by atoms with Crippen LogP contribution < -0.4 is 10.6 Å². The number of aliphatic imine (C=N–C) groups is 1. The number of nitrogens with zero attached hydrogens (tertiary/aromatic N) is 3. The number of hydrogen-bond donors (Lipinski definition) is 2. The lowest BCUT2D eigenvalue weighted by atomic mass is 10.1. The molecule has 1 aliphatic rings. The highest BCUT2D eigenvalue weighted by atomic mass is 127. The fourth-order valence-corrected chi connectivity index (χ4v) is 3.43. The molecule has 0 amide bonds. The van der Waals surface area contributed by atoms with Gasteiger partial charge in [0.25, 0.3) is 0 Å². The summed E-state index contributed by atoms with van der Waals surface area (Å²) in [6, 6.07) is 4.35. The molecule has 0 spiro atoms. The van der Waals surface area contributed by atoms with E-state index in [4.69, 9.17) is 0 Å². The predicted octanol–water partition coefficient (Wildman–Crippen LogP) is 2.45. The van der Waals surface area contributed by atoms with Crippen molar-refractivity contribution in [1.82, 2.24) is 20.4 Å². The van der Waals surface area contributed by atoms with Crippen molar-refractivity contribution in [2.24, 2.45) is 4.99 Å². The van der Waals surface area contributed by atoms with Crippen molar-refractivity contribution in [1.29, 1.82) is 0 Å². The van der Waals surface area contributed by atoms with Crippen molar-refractivity contribution in [3.63, 3.8) is 0 Å². The second kappa shape index (κ2) is 10.6. The highest BCUT2D eigenvalue weighted by Crippen LogP contribution is 2.13. The van der Waals surface area contributed by atoms with Gasteiger partial charge in [0.1, 0.15) is 0 Å². The Morgan fingerprint density at radius 1 is 1.21 bits per heavy atom. The molecule has 0 bridgehead atoms. The van der Waals surface area contributed by atoms with Crippen LogP contribution in [0.25, 0.3) is 0 Å². The summed E-state index contributed by atoms with van der Waals surface area (Å²) in [6.45, 7) is 13.8. The summed E-state index contributed by atoms with van der Waals surface area (Å²) in [4.78, 5) is 10.8. The largest absolute Gasteiger partial charge is 0.355 e. The van der Waals surface area contributed by atoms with Gasteiger partial charge < -0.3 is 15.5 Å². The molecule has 1 aliphatic heterocycles. The molecule has 1 saturated heterocycles. The molecule has 0 atom stereocenters. The number of nitrogens with one attached hydrogen (secondary N) is 2. The molecule has 2 rings (SSSR count). The van der Waals surface area contributed by atoms with Gasteiger partial charge in [-0.15, -0.1) is 35.3 Å². The van der Waals surface area contributed by atoms with Crippen LogP contribution >= 0.6 is 35.3 Å². The van der Waals surface area contributed by atoms with E-state index in [1.807, 2.05) is 18.4 Å². The molecule has 2 heterocycles. The Balaban J connectivity index is 0.00000288. The lowest BCUT2D eigenvalue weighted by molar-refractivity contribution is 0.173. The Hall–Kier alpha value is -0.380. The van der Waals surface area contributed by atoms with Gasteiger partial charge >= 0.3 is 0 Å². The monoisotopic (exact) mass is 465 g/mol. The third kappa shape index (κ3) is 7.67. The van der Waals surface area contributed by atoms with E-state index in [-0.39, 0.29) is 29.5 Å². The minimum absolute atomic E-state index is 0. The number of halogens is 1. The van der Waals surface area contributed by atoms with Crippen LogP contribution in [0.4, 0.5) is 0 Å². The quantitative estimate of drug-likeness (QED) is 0.304. The van der Waals surface area contributed by atoms with E-state index in [0.717, 1.165) is 51.8 Å². The van der Waals surface area contributed by atoms with Crippen LogP contribution in [0.1, 0.15) is 25.6 Å². The van der Waals surface area contributed by atoms with Crippen molar-refractivity contribution in [3.8, 4) is 0 Å². The first kappa shape index (κ1) is 21.7. The Kier molecular flexibility index (Phi) is 9.54. The second-order valence-corrected chi connectivity index (χ2v) is 8.03.